The Bertz CT molecular complexity index is 920. The molecule has 0 spiro atoms. The molecular formula is C23H27N5O3. The Morgan fingerprint density at radius 2 is 1.32 bits per heavy atom. The van der Waals surface area contributed by atoms with Crippen LogP contribution >= 0.6 is 0 Å². The average Bonchev–Trinajstić information content (AvgIpc) is 3.59. The van der Waals surface area contributed by atoms with Crippen molar-refractivity contribution >= 4 is 29.3 Å². The van der Waals surface area contributed by atoms with Crippen molar-refractivity contribution in [2.75, 3.05) is 23.7 Å². The van der Waals surface area contributed by atoms with Crippen molar-refractivity contribution in [2.24, 2.45) is 0 Å². The Morgan fingerprint density at radius 3 is 1.97 bits per heavy atom. The highest BCUT2D eigenvalue weighted by Crippen LogP contribution is 2.19. The zero-order chi connectivity index (χ0) is 21.6. The topological polar surface area (TPSA) is 103 Å². The molecule has 0 unspecified atom stereocenters. The summed E-state index contributed by atoms with van der Waals surface area (Å²) in [5.74, 6) is -0.152. The molecule has 31 heavy (non-hydrogen) atoms. The second-order valence-electron chi connectivity index (χ2n) is 7.98. The Morgan fingerprint density at radius 1 is 0.710 bits per heavy atom. The molecule has 2 aliphatic rings. The molecule has 2 fully saturated rings. The normalized spacial score (nSPS) is 16.3. The number of carbonyl (C=O) groups excluding carboxylic acids is 3. The van der Waals surface area contributed by atoms with Gasteiger partial charge in [0.25, 0.3) is 5.91 Å². The van der Waals surface area contributed by atoms with E-state index in [2.05, 4.69) is 21.3 Å². The van der Waals surface area contributed by atoms with Crippen LogP contribution in [0.4, 0.5) is 21.0 Å². The minimum absolute atomic E-state index is 0.0235. The molecule has 5 amide bonds. The molecular weight excluding hydrogens is 394 g/mol. The Kier molecular flexibility index (Phi) is 6.35. The zero-order valence-corrected chi connectivity index (χ0v) is 17.3. The third-order valence-electron chi connectivity index (χ3n) is 5.46. The van der Waals surface area contributed by atoms with Crippen LogP contribution in [-0.2, 0) is 0 Å². The predicted molar refractivity (Wildman–Crippen MR) is 119 cm³/mol. The number of anilines is 2. The first kappa shape index (κ1) is 20.7. The lowest BCUT2D eigenvalue weighted by atomic mass is 10.0. The van der Waals surface area contributed by atoms with Crippen LogP contribution in [0.2, 0.25) is 0 Å². The number of hydrogen-bond acceptors (Lipinski definition) is 3. The molecule has 1 saturated carbocycles. The van der Waals surface area contributed by atoms with Crippen LogP contribution in [0, 0.1) is 0 Å². The third-order valence-corrected chi connectivity index (χ3v) is 5.46. The predicted octanol–water partition coefficient (Wildman–Crippen LogP) is 3.40. The van der Waals surface area contributed by atoms with Gasteiger partial charge < -0.3 is 26.2 Å². The van der Waals surface area contributed by atoms with Crippen LogP contribution in [0.5, 0.6) is 0 Å². The summed E-state index contributed by atoms with van der Waals surface area (Å²) >= 11 is 0. The van der Waals surface area contributed by atoms with Gasteiger partial charge in [-0.1, -0.05) is 18.2 Å². The summed E-state index contributed by atoms with van der Waals surface area (Å²) < 4.78 is 0. The molecule has 4 N–H and O–H groups in total. The molecule has 2 aromatic carbocycles. The zero-order valence-electron chi connectivity index (χ0n) is 17.3. The van der Waals surface area contributed by atoms with E-state index in [0.29, 0.717) is 43.2 Å². The fraction of sp³-hybridized carbons (Fsp3) is 0.348. The average molecular weight is 422 g/mol. The van der Waals surface area contributed by atoms with Crippen molar-refractivity contribution in [3.8, 4) is 0 Å². The third kappa shape index (κ3) is 5.97. The van der Waals surface area contributed by atoms with Gasteiger partial charge in [-0.05, 0) is 62.1 Å². The number of rotatable bonds is 5. The first-order chi connectivity index (χ1) is 15.1. The molecule has 0 bridgehead atoms. The second kappa shape index (κ2) is 9.51. The maximum Gasteiger partial charge on any atom is 0.321 e. The van der Waals surface area contributed by atoms with E-state index < -0.39 is 0 Å². The smallest absolute Gasteiger partial charge is 0.321 e. The summed E-state index contributed by atoms with van der Waals surface area (Å²) in [5, 5.41) is 11.6. The summed E-state index contributed by atoms with van der Waals surface area (Å²) in [6.07, 6.45) is 3.47. The number of carbonyl (C=O) groups is 3. The number of amides is 5. The van der Waals surface area contributed by atoms with Crippen LogP contribution < -0.4 is 21.3 Å². The van der Waals surface area contributed by atoms with Crippen molar-refractivity contribution in [1.29, 1.82) is 0 Å². The quantitative estimate of drug-likeness (QED) is 0.595. The highest BCUT2D eigenvalue weighted by molar-refractivity contribution is 5.96. The van der Waals surface area contributed by atoms with Crippen LogP contribution in [0.15, 0.2) is 54.6 Å². The molecule has 0 atom stereocenters. The van der Waals surface area contributed by atoms with E-state index in [1.165, 1.54) is 0 Å². The number of nitrogens with one attached hydrogen (secondary N) is 4. The number of benzene rings is 2. The maximum absolute atomic E-state index is 12.6. The van der Waals surface area contributed by atoms with Crippen molar-refractivity contribution in [2.45, 2.75) is 37.8 Å². The standard InChI is InChI=1S/C23H27N5O3/c29-21(16-6-8-18(9-7-16)25-22(30)26-19-10-11-19)24-20-12-14-28(15-13-20)23(31)27-17-4-2-1-3-5-17/h1-9,19-20H,10-15H2,(H,24,29)(H,27,31)(H2,25,26,30). The van der Waals surface area contributed by atoms with E-state index in [0.717, 1.165) is 18.5 Å². The number of hydrogen-bond donors (Lipinski definition) is 4. The summed E-state index contributed by atoms with van der Waals surface area (Å²) in [6.45, 7) is 1.17. The lowest BCUT2D eigenvalue weighted by Crippen LogP contribution is -2.47. The van der Waals surface area contributed by atoms with Crippen molar-refractivity contribution in [1.82, 2.24) is 15.5 Å². The van der Waals surface area contributed by atoms with Gasteiger partial charge >= 0.3 is 12.1 Å². The number of para-hydroxylation sites is 1. The van der Waals surface area contributed by atoms with E-state index in [1.807, 2.05) is 30.3 Å². The molecule has 2 aromatic rings. The van der Waals surface area contributed by atoms with Crippen molar-refractivity contribution in [3.05, 3.63) is 60.2 Å². The number of piperidine rings is 1. The van der Waals surface area contributed by atoms with Crippen LogP contribution in [0.25, 0.3) is 0 Å². The first-order valence-electron chi connectivity index (χ1n) is 10.7. The number of urea groups is 2. The van der Waals surface area contributed by atoms with Gasteiger partial charge in [-0.15, -0.1) is 0 Å². The van der Waals surface area contributed by atoms with Crippen LogP contribution in [0.3, 0.4) is 0 Å². The molecule has 8 heteroatoms. The lowest BCUT2D eigenvalue weighted by molar-refractivity contribution is 0.0919. The fourth-order valence-electron chi connectivity index (χ4n) is 3.50. The summed E-state index contributed by atoms with van der Waals surface area (Å²) in [6, 6.07) is 16.2. The molecule has 8 nitrogen and oxygen atoms in total. The maximum atomic E-state index is 12.6. The largest absolute Gasteiger partial charge is 0.349 e. The van der Waals surface area contributed by atoms with Gasteiger partial charge in [-0.3, -0.25) is 4.79 Å². The lowest BCUT2D eigenvalue weighted by Gasteiger charge is -2.32. The van der Waals surface area contributed by atoms with Crippen molar-refractivity contribution in [3.63, 3.8) is 0 Å². The van der Waals surface area contributed by atoms with E-state index in [-0.39, 0.29) is 24.0 Å². The monoisotopic (exact) mass is 421 g/mol. The van der Waals surface area contributed by atoms with Gasteiger partial charge in [0, 0.05) is 42.1 Å². The van der Waals surface area contributed by atoms with Crippen LogP contribution in [-0.4, -0.2) is 48.0 Å². The highest BCUT2D eigenvalue weighted by atomic mass is 16.2. The molecule has 0 aromatic heterocycles. The molecule has 1 aliphatic carbocycles. The molecule has 0 radical (unpaired) electrons. The summed E-state index contributed by atoms with van der Waals surface area (Å²) in [4.78, 5) is 38.5. The Labute approximate surface area is 181 Å². The SMILES string of the molecule is O=C(Nc1ccc(C(=O)NC2CCN(C(=O)Nc3ccccc3)CC2)cc1)NC1CC1. The molecule has 1 heterocycles. The minimum Gasteiger partial charge on any atom is -0.349 e. The van der Waals surface area contributed by atoms with Gasteiger partial charge in [-0.2, -0.15) is 0 Å². The fourth-order valence-corrected chi connectivity index (χ4v) is 3.50. The van der Waals surface area contributed by atoms with Gasteiger partial charge in [0.15, 0.2) is 0 Å². The summed E-state index contributed by atoms with van der Waals surface area (Å²) in [7, 11) is 0. The second-order valence-corrected chi connectivity index (χ2v) is 7.98. The first-order valence-corrected chi connectivity index (χ1v) is 10.7. The highest BCUT2D eigenvalue weighted by Gasteiger charge is 2.25. The number of likely N-dealkylation sites (tertiary alicyclic amines) is 1. The molecule has 162 valence electrons. The minimum atomic E-state index is -0.220. The van der Waals surface area contributed by atoms with Crippen molar-refractivity contribution < 1.29 is 14.4 Å². The molecule has 1 saturated heterocycles. The Hall–Kier alpha value is -3.55. The van der Waals surface area contributed by atoms with E-state index in [1.54, 1.807) is 29.2 Å². The number of nitrogens with zero attached hydrogens (tertiary/aromatic N) is 1. The van der Waals surface area contributed by atoms with E-state index in [4.69, 9.17) is 0 Å². The van der Waals surface area contributed by atoms with Gasteiger partial charge in [-0.25, -0.2) is 9.59 Å². The van der Waals surface area contributed by atoms with Crippen LogP contribution in [0.1, 0.15) is 36.0 Å². The van der Waals surface area contributed by atoms with E-state index >= 15 is 0 Å². The molecule has 4 rings (SSSR count). The van der Waals surface area contributed by atoms with Gasteiger partial charge in [0.05, 0.1) is 0 Å². The van der Waals surface area contributed by atoms with Gasteiger partial charge in [0.1, 0.15) is 0 Å². The summed E-state index contributed by atoms with van der Waals surface area (Å²) in [5.41, 5.74) is 1.95. The molecule has 1 aliphatic heterocycles. The Balaban J connectivity index is 1.21. The van der Waals surface area contributed by atoms with Gasteiger partial charge in [0.2, 0.25) is 0 Å². The van der Waals surface area contributed by atoms with E-state index in [9.17, 15) is 14.4 Å².